The van der Waals surface area contributed by atoms with Crippen molar-refractivity contribution in [3.63, 3.8) is 0 Å². The molecule has 1 aliphatic carbocycles. The highest BCUT2D eigenvalue weighted by molar-refractivity contribution is 7.80. The van der Waals surface area contributed by atoms with E-state index in [0.717, 1.165) is 21.5 Å². The van der Waals surface area contributed by atoms with E-state index in [1.807, 2.05) is 30.5 Å². The number of aryl methyl sites for hydroxylation is 1. The molecule has 2 aliphatic rings. The van der Waals surface area contributed by atoms with E-state index in [1.165, 1.54) is 42.6 Å². The average Bonchev–Trinajstić information content (AvgIpc) is 3.47. The Balaban J connectivity index is 1.65. The van der Waals surface area contributed by atoms with Gasteiger partial charge in [-0.2, -0.15) is 0 Å². The predicted molar refractivity (Wildman–Crippen MR) is 130 cm³/mol. The van der Waals surface area contributed by atoms with Crippen LogP contribution in [0, 0.1) is 13.8 Å². The molecular weight excluding hydrogens is 424 g/mol. The summed E-state index contributed by atoms with van der Waals surface area (Å²) < 4.78 is 2.27. The molecule has 1 saturated heterocycles. The summed E-state index contributed by atoms with van der Waals surface area (Å²) in [7, 11) is 0. The zero-order valence-corrected chi connectivity index (χ0v) is 19.5. The molecule has 2 atom stereocenters. The quantitative estimate of drug-likeness (QED) is 0.490. The molecule has 3 aromatic rings. The number of hydrogen-bond acceptors (Lipinski definition) is 2. The monoisotopic (exact) mass is 450 g/mol. The minimum atomic E-state index is 0.0227. The maximum Gasteiger partial charge on any atom is 0.170 e. The van der Waals surface area contributed by atoms with Gasteiger partial charge in [0.1, 0.15) is 0 Å². The SMILES string of the molecule is Cc1cc([C@@H]2[C@@H](c3ccccn3)NC(=S)N2C2CCCC2)c(C)n1-c1ccccc1Cl. The Morgan fingerprint density at radius 1 is 1.06 bits per heavy atom. The molecule has 5 rings (SSSR count). The second-order valence-electron chi connectivity index (χ2n) is 8.59. The molecule has 31 heavy (non-hydrogen) atoms. The second-order valence-corrected chi connectivity index (χ2v) is 9.38. The number of pyridine rings is 1. The fraction of sp³-hybridized carbons (Fsp3) is 0.360. The fourth-order valence-corrected chi connectivity index (χ4v) is 5.97. The van der Waals surface area contributed by atoms with Crippen molar-refractivity contribution in [1.29, 1.82) is 0 Å². The van der Waals surface area contributed by atoms with Crippen LogP contribution < -0.4 is 5.32 Å². The van der Waals surface area contributed by atoms with Crippen LogP contribution in [-0.4, -0.2) is 25.6 Å². The summed E-state index contributed by atoms with van der Waals surface area (Å²) in [5.41, 5.74) is 5.70. The van der Waals surface area contributed by atoms with Crippen molar-refractivity contribution in [2.75, 3.05) is 0 Å². The van der Waals surface area contributed by atoms with Crippen LogP contribution in [0.2, 0.25) is 5.02 Å². The molecule has 0 unspecified atom stereocenters. The van der Waals surface area contributed by atoms with Gasteiger partial charge in [0.2, 0.25) is 0 Å². The topological polar surface area (TPSA) is 33.1 Å². The predicted octanol–water partition coefficient (Wildman–Crippen LogP) is 6.06. The summed E-state index contributed by atoms with van der Waals surface area (Å²) in [6, 6.07) is 17.0. The second kappa shape index (κ2) is 8.29. The standard InChI is InChI=1S/C25H27ClN4S/c1-16-15-19(17(2)29(16)22-13-6-5-11-20(22)26)24-23(21-12-7-8-14-27-21)28-25(31)30(24)18-9-3-4-10-18/h5-8,11-15,18,23-24H,3-4,9-10H2,1-2H3,(H,28,31)/t23-,24-/m1/s1. The van der Waals surface area contributed by atoms with Crippen molar-refractivity contribution in [2.45, 2.75) is 57.7 Å². The molecule has 3 heterocycles. The van der Waals surface area contributed by atoms with Crippen molar-refractivity contribution >= 4 is 28.9 Å². The molecule has 1 aromatic carbocycles. The van der Waals surface area contributed by atoms with Gasteiger partial charge < -0.3 is 14.8 Å². The summed E-state index contributed by atoms with van der Waals surface area (Å²) in [5.74, 6) is 0. The lowest BCUT2D eigenvalue weighted by Gasteiger charge is -2.33. The third kappa shape index (κ3) is 3.54. The Labute approximate surface area is 194 Å². The number of aromatic nitrogens is 2. The highest BCUT2D eigenvalue weighted by Gasteiger charge is 2.44. The number of rotatable bonds is 4. The molecule has 6 heteroatoms. The van der Waals surface area contributed by atoms with E-state index in [1.54, 1.807) is 0 Å². The maximum absolute atomic E-state index is 6.58. The molecule has 2 aromatic heterocycles. The van der Waals surface area contributed by atoms with E-state index < -0.39 is 0 Å². The van der Waals surface area contributed by atoms with Crippen LogP contribution in [0.15, 0.2) is 54.7 Å². The molecule has 2 fully saturated rings. The number of benzene rings is 1. The molecule has 1 N–H and O–H groups in total. The van der Waals surface area contributed by atoms with E-state index in [2.05, 4.69) is 57.9 Å². The number of nitrogens with zero attached hydrogens (tertiary/aromatic N) is 3. The minimum absolute atomic E-state index is 0.0227. The van der Waals surface area contributed by atoms with Gasteiger partial charge in [0.25, 0.3) is 0 Å². The first kappa shape index (κ1) is 20.5. The highest BCUT2D eigenvalue weighted by Crippen LogP contribution is 2.45. The molecule has 0 bridgehead atoms. The van der Waals surface area contributed by atoms with Gasteiger partial charge in [-0.05, 0) is 74.8 Å². The lowest BCUT2D eigenvalue weighted by atomic mass is 9.95. The van der Waals surface area contributed by atoms with Gasteiger partial charge in [-0.3, -0.25) is 4.98 Å². The Bertz CT molecular complexity index is 1100. The number of para-hydroxylation sites is 1. The van der Waals surface area contributed by atoms with Gasteiger partial charge in [0.15, 0.2) is 5.11 Å². The first-order valence-electron chi connectivity index (χ1n) is 11.0. The first-order valence-corrected chi connectivity index (χ1v) is 11.8. The van der Waals surface area contributed by atoms with Crippen LogP contribution in [0.3, 0.4) is 0 Å². The smallest absolute Gasteiger partial charge is 0.170 e. The summed E-state index contributed by atoms with van der Waals surface area (Å²) in [6.45, 7) is 4.34. The van der Waals surface area contributed by atoms with Gasteiger partial charge >= 0.3 is 0 Å². The van der Waals surface area contributed by atoms with E-state index in [-0.39, 0.29) is 12.1 Å². The lowest BCUT2D eigenvalue weighted by Crippen LogP contribution is -2.37. The van der Waals surface area contributed by atoms with Crippen molar-refractivity contribution in [2.24, 2.45) is 0 Å². The number of halogens is 1. The largest absolute Gasteiger partial charge is 0.352 e. The van der Waals surface area contributed by atoms with Crippen LogP contribution in [0.25, 0.3) is 5.69 Å². The summed E-state index contributed by atoms with van der Waals surface area (Å²) in [6.07, 6.45) is 6.78. The Kier molecular flexibility index (Phi) is 5.49. The molecule has 0 radical (unpaired) electrons. The summed E-state index contributed by atoms with van der Waals surface area (Å²) in [5, 5.41) is 5.21. The first-order chi connectivity index (χ1) is 15.1. The van der Waals surface area contributed by atoms with Crippen molar-refractivity contribution in [1.82, 2.24) is 19.8 Å². The number of thiocarbonyl (C=S) groups is 1. The molecule has 4 nitrogen and oxygen atoms in total. The molecule has 1 saturated carbocycles. The Morgan fingerprint density at radius 2 is 1.81 bits per heavy atom. The van der Waals surface area contributed by atoms with E-state index in [4.69, 9.17) is 23.8 Å². The maximum atomic E-state index is 6.58. The van der Waals surface area contributed by atoms with E-state index >= 15 is 0 Å². The summed E-state index contributed by atoms with van der Waals surface area (Å²) in [4.78, 5) is 7.15. The van der Waals surface area contributed by atoms with Gasteiger partial charge in [-0.25, -0.2) is 0 Å². The van der Waals surface area contributed by atoms with Crippen LogP contribution in [0.1, 0.15) is 60.4 Å². The minimum Gasteiger partial charge on any atom is -0.352 e. The van der Waals surface area contributed by atoms with Crippen molar-refractivity contribution < 1.29 is 0 Å². The normalized spacial score (nSPS) is 21.6. The van der Waals surface area contributed by atoms with Crippen LogP contribution in [0.4, 0.5) is 0 Å². The fourth-order valence-electron chi connectivity index (χ4n) is 5.36. The molecule has 0 amide bonds. The highest BCUT2D eigenvalue weighted by atomic mass is 35.5. The van der Waals surface area contributed by atoms with E-state index in [9.17, 15) is 0 Å². The molecular formula is C25H27ClN4S. The van der Waals surface area contributed by atoms with Crippen LogP contribution >= 0.6 is 23.8 Å². The Morgan fingerprint density at radius 3 is 2.52 bits per heavy atom. The molecule has 160 valence electrons. The summed E-state index contributed by atoms with van der Waals surface area (Å²) >= 11 is 12.5. The lowest BCUT2D eigenvalue weighted by molar-refractivity contribution is 0.245. The number of hydrogen-bond donors (Lipinski definition) is 1. The van der Waals surface area contributed by atoms with Crippen molar-refractivity contribution in [3.05, 3.63) is 82.4 Å². The van der Waals surface area contributed by atoms with Gasteiger partial charge in [0, 0.05) is 23.6 Å². The van der Waals surface area contributed by atoms with Gasteiger partial charge in [-0.15, -0.1) is 0 Å². The molecule has 1 aliphatic heterocycles. The third-order valence-corrected chi connectivity index (χ3v) is 7.38. The number of nitrogens with one attached hydrogen (secondary N) is 1. The van der Waals surface area contributed by atoms with Crippen LogP contribution in [0.5, 0.6) is 0 Å². The van der Waals surface area contributed by atoms with Crippen LogP contribution in [-0.2, 0) is 0 Å². The average molecular weight is 451 g/mol. The third-order valence-electron chi connectivity index (χ3n) is 6.74. The zero-order chi connectivity index (χ0) is 21.5. The van der Waals surface area contributed by atoms with Gasteiger partial charge in [0.05, 0.1) is 28.5 Å². The zero-order valence-electron chi connectivity index (χ0n) is 17.9. The van der Waals surface area contributed by atoms with E-state index in [0.29, 0.717) is 6.04 Å². The van der Waals surface area contributed by atoms with Crippen molar-refractivity contribution in [3.8, 4) is 5.69 Å². The molecule has 0 spiro atoms. The van der Waals surface area contributed by atoms with Gasteiger partial charge in [-0.1, -0.05) is 42.6 Å². The Hall–Kier alpha value is -2.37.